The van der Waals surface area contributed by atoms with E-state index in [0.29, 0.717) is 0 Å². The van der Waals surface area contributed by atoms with Crippen LogP contribution in [0.2, 0.25) is 0 Å². The van der Waals surface area contributed by atoms with Gasteiger partial charge in [0.25, 0.3) is 0 Å². The van der Waals surface area contributed by atoms with Gasteiger partial charge in [-0.2, -0.15) is 13.2 Å². The van der Waals surface area contributed by atoms with Crippen LogP contribution < -0.4 is 5.73 Å². The van der Waals surface area contributed by atoms with Gasteiger partial charge in [-0.25, -0.2) is 0 Å². The van der Waals surface area contributed by atoms with E-state index in [0.717, 1.165) is 31.4 Å². The van der Waals surface area contributed by atoms with Crippen LogP contribution in [0.4, 0.5) is 13.2 Å². The van der Waals surface area contributed by atoms with E-state index in [1.807, 2.05) is 0 Å². The third kappa shape index (κ3) is 2.73. The van der Waals surface area contributed by atoms with Crippen molar-refractivity contribution in [2.24, 2.45) is 5.73 Å². The number of ether oxygens (including phenoxy) is 1. The zero-order chi connectivity index (χ0) is 12.3. The van der Waals surface area contributed by atoms with Crippen molar-refractivity contribution in [1.29, 1.82) is 0 Å². The number of hydrogen-bond acceptors (Lipinski definition) is 3. The Morgan fingerprint density at radius 3 is 2.19 bits per heavy atom. The summed E-state index contributed by atoms with van der Waals surface area (Å²) in [6.07, 6.45) is -4.39. The summed E-state index contributed by atoms with van der Waals surface area (Å²) < 4.78 is 41.0. The van der Waals surface area contributed by atoms with E-state index < -0.39 is 23.8 Å². The Bertz CT molecular complexity index is 373. The Labute approximate surface area is 90.0 Å². The van der Waals surface area contributed by atoms with Crippen molar-refractivity contribution in [3.05, 3.63) is 35.4 Å². The van der Waals surface area contributed by atoms with E-state index in [4.69, 9.17) is 5.73 Å². The van der Waals surface area contributed by atoms with Crippen molar-refractivity contribution in [2.75, 3.05) is 7.11 Å². The van der Waals surface area contributed by atoms with Crippen LogP contribution in [0.3, 0.4) is 0 Å². The fourth-order valence-electron chi connectivity index (χ4n) is 1.14. The second kappa shape index (κ2) is 4.52. The monoisotopic (exact) mass is 233 g/mol. The Kier molecular flexibility index (Phi) is 3.54. The maximum absolute atomic E-state index is 12.2. The minimum absolute atomic E-state index is 0.278. The number of halogens is 3. The third-order valence-electron chi connectivity index (χ3n) is 2.05. The van der Waals surface area contributed by atoms with Crippen molar-refractivity contribution >= 4 is 5.97 Å². The van der Waals surface area contributed by atoms with Gasteiger partial charge in [0.05, 0.1) is 12.7 Å². The van der Waals surface area contributed by atoms with Crippen LogP contribution in [0.25, 0.3) is 0 Å². The SMILES string of the molecule is COC(=O)[C@H](N)c1ccc(C(F)(F)F)cc1. The molecule has 0 unspecified atom stereocenters. The molecule has 0 amide bonds. The van der Waals surface area contributed by atoms with Crippen LogP contribution in [0.1, 0.15) is 17.2 Å². The van der Waals surface area contributed by atoms with Crippen LogP contribution in [0.5, 0.6) is 0 Å². The number of nitrogens with two attached hydrogens (primary N) is 1. The summed E-state index contributed by atoms with van der Waals surface area (Å²) in [5, 5.41) is 0. The van der Waals surface area contributed by atoms with Crippen molar-refractivity contribution in [1.82, 2.24) is 0 Å². The van der Waals surface area contributed by atoms with E-state index in [1.54, 1.807) is 0 Å². The summed E-state index contributed by atoms with van der Waals surface area (Å²) in [5.74, 6) is -0.695. The highest BCUT2D eigenvalue weighted by Gasteiger charge is 2.30. The summed E-state index contributed by atoms with van der Waals surface area (Å²) in [7, 11) is 1.16. The van der Waals surface area contributed by atoms with E-state index in [-0.39, 0.29) is 5.56 Å². The smallest absolute Gasteiger partial charge is 0.416 e. The van der Waals surface area contributed by atoms with Gasteiger partial charge in [-0.1, -0.05) is 12.1 Å². The third-order valence-corrected chi connectivity index (χ3v) is 2.05. The molecule has 0 radical (unpaired) electrons. The number of carbonyl (C=O) groups excluding carboxylic acids is 1. The van der Waals surface area contributed by atoms with E-state index in [9.17, 15) is 18.0 Å². The molecule has 0 fully saturated rings. The van der Waals surface area contributed by atoms with Crippen LogP contribution in [0, 0.1) is 0 Å². The highest BCUT2D eigenvalue weighted by molar-refractivity contribution is 5.77. The van der Waals surface area contributed by atoms with Gasteiger partial charge in [0.2, 0.25) is 0 Å². The summed E-state index contributed by atoms with van der Waals surface area (Å²) in [5.41, 5.74) is 4.95. The summed E-state index contributed by atoms with van der Waals surface area (Å²) in [4.78, 5) is 11.0. The molecular formula is C10H10F3NO2. The number of alkyl halides is 3. The molecule has 1 rings (SSSR count). The van der Waals surface area contributed by atoms with Gasteiger partial charge >= 0.3 is 12.1 Å². The number of benzene rings is 1. The second-order valence-electron chi connectivity index (χ2n) is 3.12. The lowest BCUT2D eigenvalue weighted by molar-refractivity contribution is -0.142. The molecule has 6 heteroatoms. The molecule has 88 valence electrons. The highest BCUT2D eigenvalue weighted by atomic mass is 19.4. The summed E-state index contributed by atoms with van der Waals surface area (Å²) in [6, 6.07) is 3.00. The molecule has 1 aromatic rings. The number of methoxy groups -OCH3 is 1. The largest absolute Gasteiger partial charge is 0.468 e. The van der Waals surface area contributed by atoms with Crippen molar-refractivity contribution in [3.8, 4) is 0 Å². The van der Waals surface area contributed by atoms with Crippen molar-refractivity contribution < 1.29 is 22.7 Å². The van der Waals surface area contributed by atoms with Gasteiger partial charge in [0.1, 0.15) is 6.04 Å². The molecule has 2 N–H and O–H groups in total. The molecule has 0 spiro atoms. The lowest BCUT2D eigenvalue weighted by Gasteiger charge is -2.11. The zero-order valence-electron chi connectivity index (χ0n) is 8.41. The molecule has 16 heavy (non-hydrogen) atoms. The first-order valence-electron chi connectivity index (χ1n) is 4.37. The quantitative estimate of drug-likeness (QED) is 0.793. The predicted molar refractivity (Wildman–Crippen MR) is 50.4 cm³/mol. The first kappa shape index (κ1) is 12.5. The molecule has 0 aromatic heterocycles. The molecule has 0 aliphatic carbocycles. The molecule has 0 aliphatic rings. The average molecular weight is 233 g/mol. The standard InChI is InChI=1S/C10H10F3NO2/c1-16-9(15)8(14)6-2-4-7(5-3-6)10(11,12)13/h2-5,8H,14H2,1H3/t8-/m1/s1. The molecule has 0 saturated carbocycles. The fourth-order valence-corrected chi connectivity index (χ4v) is 1.14. The van der Waals surface area contributed by atoms with Crippen molar-refractivity contribution in [2.45, 2.75) is 12.2 Å². The molecule has 0 heterocycles. The molecule has 0 aliphatic heterocycles. The normalized spacial score (nSPS) is 13.3. The molecule has 1 atom stereocenters. The minimum atomic E-state index is -4.39. The van der Waals surface area contributed by atoms with Crippen LogP contribution in [0.15, 0.2) is 24.3 Å². The Hall–Kier alpha value is -1.56. The molecule has 3 nitrogen and oxygen atoms in total. The van der Waals surface area contributed by atoms with Crippen LogP contribution in [-0.2, 0) is 15.7 Å². The van der Waals surface area contributed by atoms with Crippen LogP contribution in [-0.4, -0.2) is 13.1 Å². The molecule has 1 aromatic carbocycles. The van der Waals surface area contributed by atoms with Gasteiger partial charge < -0.3 is 10.5 Å². The summed E-state index contributed by atoms with van der Waals surface area (Å²) in [6.45, 7) is 0. The fraction of sp³-hybridized carbons (Fsp3) is 0.300. The van der Waals surface area contributed by atoms with E-state index in [2.05, 4.69) is 4.74 Å². The maximum Gasteiger partial charge on any atom is 0.416 e. The molecule has 0 bridgehead atoms. The van der Waals surface area contributed by atoms with E-state index >= 15 is 0 Å². The highest BCUT2D eigenvalue weighted by Crippen LogP contribution is 2.29. The first-order chi connectivity index (χ1) is 7.36. The Morgan fingerprint density at radius 2 is 1.81 bits per heavy atom. The van der Waals surface area contributed by atoms with Crippen molar-refractivity contribution in [3.63, 3.8) is 0 Å². The number of hydrogen-bond donors (Lipinski definition) is 1. The molecule has 0 saturated heterocycles. The minimum Gasteiger partial charge on any atom is -0.468 e. The number of rotatable bonds is 2. The summed E-state index contributed by atoms with van der Waals surface area (Å²) >= 11 is 0. The lowest BCUT2D eigenvalue weighted by atomic mass is 10.1. The first-order valence-corrected chi connectivity index (χ1v) is 4.37. The Balaban J connectivity index is 2.91. The van der Waals surface area contributed by atoms with Gasteiger partial charge in [0, 0.05) is 0 Å². The lowest BCUT2D eigenvalue weighted by Crippen LogP contribution is -2.22. The van der Waals surface area contributed by atoms with Gasteiger partial charge in [-0.15, -0.1) is 0 Å². The van der Waals surface area contributed by atoms with Gasteiger partial charge in [-0.05, 0) is 17.7 Å². The predicted octanol–water partition coefficient (Wildman–Crippen LogP) is 1.88. The Morgan fingerprint density at radius 1 is 1.31 bits per heavy atom. The average Bonchev–Trinajstić information content (AvgIpc) is 2.26. The molecular weight excluding hydrogens is 223 g/mol. The van der Waals surface area contributed by atoms with Crippen LogP contribution >= 0.6 is 0 Å². The van der Waals surface area contributed by atoms with Gasteiger partial charge in [0.15, 0.2) is 0 Å². The second-order valence-corrected chi connectivity index (χ2v) is 3.12. The number of esters is 1. The topological polar surface area (TPSA) is 52.3 Å². The van der Waals surface area contributed by atoms with E-state index in [1.165, 1.54) is 0 Å². The maximum atomic E-state index is 12.2. The van der Waals surface area contributed by atoms with Gasteiger partial charge in [-0.3, -0.25) is 4.79 Å². The zero-order valence-corrected chi connectivity index (χ0v) is 8.41. The number of carbonyl (C=O) groups is 1.